The number of pyridine rings is 1. The summed E-state index contributed by atoms with van der Waals surface area (Å²) in [7, 11) is 0. The lowest BCUT2D eigenvalue weighted by Gasteiger charge is -2.10. The van der Waals surface area contributed by atoms with Gasteiger partial charge < -0.3 is 0 Å². The lowest BCUT2D eigenvalue weighted by atomic mass is 10.1. The van der Waals surface area contributed by atoms with Crippen LogP contribution in [0.1, 0.15) is 54.7 Å². The van der Waals surface area contributed by atoms with Crippen molar-refractivity contribution in [3.63, 3.8) is 0 Å². The standard InChI is InChI=1S/C22H21N5OS/c1-13(2)27-20-17(11-23-27)16(10-18(24-20)15-8-9-15)21(28)26-22-25-19(12-29-22)14-6-4-3-5-7-14/h3-7,10-13,15H,8-9H2,1-2H3,(H,25,26,28). The number of rotatable bonds is 5. The Labute approximate surface area is 172 Å². The number of carbonyl (C=O) groups excluding carboxylic acids is 1. The van der Waals surface area contributed by atoms with Gasteiger partial charge in [-0.2, -0.15) is 5.10 Å². The smallest absolute Gasteiger partial charge is 0.258 e. The van der Waals surface area contributed by atoms with Gasteiger partial charge in [-0.05, 0) is 32.8 Å². The molecule has 5 rings (SSSR count). The van der Waals surface area contributed by atoms with Gasteiger partial charge in [0.2, 0.25) is 0 Å². The first-order valence-electron chi connectivity index (χ1n) is 9.80. The van der Waals surface area contributed by atoms with E-state index in [1.165, 1.54) is 11.3 Å². The van der Waals surface area contributed by atoms with E-state index in [1.54, 1.807) is 6.20 Å². The van der Waals surface area contributed by atoms with Crippen molar-refractivity contribution < 1.29 is 4.79 Å². The van der Waals surface area contributed by atoms with Crippen LogP contribution in [-0.2, 0) is 0 Å². The van der Waals surface area contributed by atoms with Gasteiger partial charge in [-0.15, -0.1) is 11.3 Å². The zero-order chi connectivity index (χ0) is 20.0. The topological polar surface area (TPSA) is 72.7 Å². The predicted octanol–water partition coefficient (Wildman–Crippen LogP) is 5.27. The minimum absolute atomic E-state index is 0.170. The van der Waals surface area contributed by atoms with E-state index in [4.69, 9.17) is 4.98 Å². The van der Waals surface area contributed by atoms with Crippen molar-refractivity contribution in [2.24, 2.45) is 0 Å². The second kappa shape index (κ2) is 7.08. The second-order valence-corrected chi connectivity index (χ2v) is 8.51. The molecule has 3 heterocycles. The van der Waals surface area contributed by atoms with Crippen LogP contribution in [0.15, 0.2) is 48.0 Å². The van der Waals surface area contributed by atoms with Crippen molar-refractivity contribution in [1.29, 1.82) is 0 Å². The Morgan fingerprint density at radius 2 is 2.00 bits per heavy atom. The van der Waals surface area contributed by atoms with Gasteiger partial charge in [0.15, 0.2) is 10.8 Å². The minimum Gasteiger partial charge on any atom is -0.298 e. The third-order valence-electron chi connectivity index (χ3n) is 5.11. The van der Waals surface area contributed by atoms with Crippen molar-refractivity contribution in [2.75, 3.05) is 5.32 Å². The van der Waals surface area contributed by atoms with Crippen LogP contribution in [0.25, 0.3) is 22.3 Å². The monoisotopic (exact) mass is 403 g/mol. The lowest BCUT2D eigenvalue weighted by molar-refractivity contribution is 0.102. The molecule has 3 aromatic heterocycles. The number of fused-ring (bicyclic) bond motifs is 1. The Morgan fingerprint density at radius 3 is 2.72 bits per heavy atom. The summed E-state index contributed by atoms with van der Waals surface area (Å²) in [6.07, 6.45) is 4.00. The van der Waals surface area contributed by atoms with Crippen LogP contribution in [0.5, 0.6) is 0 Å². The van der Waals surface area contributed by atoms with E-state index in [0.29, 0.717) is 16.6 Å². The number of amides is 1. The third kappa shape index (κ3) is 3.42. The molecular formula is C22H21N5OS. The number of anilines is 1. The van der Waals surface area contributed by atoms with E-state index in [-0.39, 0.29) is 11.9 Å². The van der Waals surface area contributed by atoms with Crippen LogP contribution in [-0.4, -0.2) is 25.7 Å². The van der Waals surface area contributed by atoms with Gasteiger partial charge in [-0.1, -0.05) is 30.3 Å². The molecule has 1 aromatic carbocycles. The molecule has 1 saturated carbocycles. The minimum atomic E-state index is -0.170. The van der Waals surface area contributed by atoms with Crippen LogP contribution in [0.2, 0.25) is 0 Å². The molecule has 6 nitrogen and oxygen atoms in total. The van der Waals surface area contributed by atoms with Gasteiger partial charge in [0.1, 0.15) is 0 Å². The third-order valence-corrected chi connectivity index (χ3v) is 5.87. The molecule has 1 amide bonds. The first-order valence-corrected chi connectivity index (χ1v) is 10.7. The van der Waals surface area contributed by atoms with Crippen LogP contribution in [0, 0.1) is 0 Å². The van der Waals surface area contributed by atoms with E-state index >= 15 is 0 Å². The van der Waals surface area contributed by atoms with E-state index < -0.39 is 0 Å². The van der Waals surface area contributed by atoms with Crippen molar-refractivity contribution in [2.45, 2.75) is 38.6 Å². The van der Waals surface area contributed by atoms with Gasteiger partial charge in [-0.25, -0.2) is 14.6 Å². The highest BCUT2D eigenvalue weighted by atomic mass is 32.1. The SMILES string of the molecule is CC(C)n1ncc2c(C(=O)Nc3nc(-c4ccccc4)cs3)cc(C3CC3)nc21. The van der Waals surface area contributed by atoms with Crippen LogP contribution < -0.4 is 5.32 Å². The van der Waals surface area contributed by atoms with Crippen molar-refractivity contribution >= 4 is 33.4 Å². The van der Waals surface area contributed by atoms with Crippen molar-refractivity contribution in [3.05, 3.63) is 59.2 Å². The first-order chi connectivity index (χ1) is 14.1. The highest BCUT2D eigenvalue weighted by molar-refractivity contribution is 7.14. The summed E-state index contributed by atoms with van der Waals surface area (Å²) in [5, 5.41) is 10.8. The lowest BCUT2D eigenvalue weighted by Crippen LogP contribution is -2.13. The van der Waals surface area contributed by atoms with Gasteiger partial charge in [0.25, 0.3) is 5.91 Å². The van der Waals surface area contributed by atoms with Gasteiger partial charge in [0.05, 0.1) is 22.8 Å². The molecule has 1 N–H and O–H groups in total. The number of hydrogen-bond acceptors (Lipinski definition) is 5. The van der Waals surface area contributed by atoms with E-state index in [0.717, 1.165) is 40.8 Å². The second-order valence-electron chi connectivity index (χ2n) is 7.65. The highest BCUT2D eigenvalue weighted by Gasteiger charge is 2.28. The summed E-state index contributed by atoms with van der Waals surface area (Å²) in [5.74, 6) is 0.280. The van der Waals surface area contributed by atoms with E-state index in [9.17, 15) is 4.79 Å². The number of benzene rings is 1. The molecule has 1 aliphatic rings. The van der Waals surface area contributed by atoms with Crippen LogP contribution in [0.4, 0.5) is 5.13 Å². The Kier molecular flexibility index (Phi) is 4.39. The summed E-state index contributed by atoms with van der Waals surface area (Å²) in [4.78, 5) is 22.5. The van der Waals surface area contributed by atoms with E-state index in [2.05, 4.69) is 29.2 Å². The van der Waals surface area contributed by atoms with Crippen LogP contribution >= 0.6 is 11.3 Å². The average Bonchev–Trinajstić information content (AvgIpc) is 3.32. The fraction of sp³-hybridized carbons (Fsp3) is 0.273. The number of aromatic nitrogens is 4. The van der Waals surface area contributed by atoms with Crippen molar-refractivity contribution in [3.8, 4) is 11.3 Å². The number of hydrogen-bond donors (Lipinski definition) is 1. The zero-order valence-electron chi connectivity index (χ0n) is 16.3. The Bertz CT molecular complexity index is 1190. The molecule has 0 spiro atoms. The Hall–Kier alpha value is -3.06. The zero-order valence-corrected chi connectivity index (χ0v) is 17.1. The molecule has 1 aliphatic carbocycles. The molecule has 0 aliphatic heterocycles. The molecule has 29 heavy (non-hydrogen) atoms. The number of nitrogens with zero attached hydrogens (tertiary/aromatic N) is 4. The molecule has 0 atom stereocenters. The quantitative estimate of drug-likeness (QED) is 0.493. The maximum absolute atomic E-state index is 13.1. The maximum atomic E-state index is 13.1. The Balaban J connectivity index is 1.49. The average molecular weight is 404 g/mol. The molecule has 1 fully saturated rings. The van der Waals surface area contributed by atoms with Crippen LogP contribution in [0.3, 0.4) is 0 Å². The summed E-state index contributed by atoms with van der Waals surface area (Å²) >= 11 is 1.43. The Morgan fingerprint density at radius 1 is 1.21 bits per heavy atom. The predicted molar refractivity (Wildman–Crippen MR) is 115 cm³/mol. The summed E-state index contributed by atoms with van der Waals surface area (Å²) in [6, 6.07) is 12.1. The number of thiazole rings is 1. The summed E-state index contributed by atoms with van der Waals surface area (Å²) in [6.45, 7) is 4.14. The van der Waals surface area contributed by atoms with E-state index in [1.807, 2.05) is 46.5 Å². The highest BCUT2D eigenvalue weighted by Crippen LogP contribution is 2.40. The largest absolute Gasteiger partial charge is 0.298 e. The molecule has 0 saturated heterocycles. The molecule has 146 valence electrons. The first kappa shape index (κ1) is 18.0. The fourth-order valence-electron chi connectivity index (χ4n) is 3.43. The fourth-order valence-corrected chi connectivity index (χ4v) is 4.14. The molecule has 4 aromatic rings. The van der Waals surface area contributed by atoms with Gasteiger partial charge >= 0.3 is 0 Å². The summed E-state index contributed by atoms with van der Waals surface area (Å²) in [5.41, 5.74) is 4.26. The molecule has 0 bridgehead atoms. The molecule has 7 heteroatoms. The molecule has 0 unspecified atom stereocenters. The van der Waals surface area contributed by atoms with Gasteiger partial charge in [-0.3, -0.25) is 10.1 Å². The van der Waals surface area contributed by atoms with Crippen molar-refractivity contribution in [1.82, 2.24) is 19.7 Å². The molecular weight excluding hydrogens is 382 g/mol. The number of carbonyl (C=O) groups is 1. The summed E-state index contributed by atoms with van der Waals surface area (Å²) < 4.78 is 1.88. The maximum Gasteiger partial charge on any atom is 0.258 e. The number of nitrogens with one attached hydrogen (secondary N) is 1. The van der Waals surface area contributed by atoms with Gasteiger partial charge in [0, 0.05) is 28.6 Å². The molecule has 0 radical (unpaired) electrons. The normalized spacial score (nSPS) is 13.9.